The van der Waals surface area contributed by atoms with E-state index < -0.39 is 6.04 Å². The first-order chi connectivity index (χ1) is 16.9. The number of thiocarbonyl (C=S) groups is 1. The van der Waals surface area contributed by atoms with Crippen LogP contribution < -0.4 is 5.32 Å². The summed E-state index contributed by atoms with van der Waals surface area (Å²) < 4.78 is 19.0. The number of hydrogen-bond acceptors (Lipinski definition) is 5. The Kier molecular flexibility index (Phi) is 6.00. The van der Waals surface area contributed by atoms with Crippen LogP contribution in [0, 0.1) is 5.82 Å². The number of aromatic nitrogens is 1. The molecule has 0 saturated carbocycles. The fourth-order valence-electron chi connectivity index (χ4n) is 4.02. The number of rotatable bonds is 6. The summed E-state index contributed by atoms with van der Waals surface area (Å²) >= 11 is 5.42. The van der Waals surface area contributed by atoms with Gasteiger partial charge in [-0.1, -0.05) is 24.3 Å². The van der Waals surface area contributed by atoms with Crippen molar-refractivity contribution in [3.05, 3.63) is 84.2 Å². The summed E-state index contributed by atoms with van der Waals surface area (Å²) in [5, 5.41) is 3.17. The Morgan fingerprint density at radius 3 is 2.51 bits per heavy atom. The van der Waals surface area contributed by atoms with Crippen LogP contribution in [-0.4, -0.2) is 44.8 Å². The maximum Gasteiger partial charge on any atom is 0.251 e. The van der Waals surface area contributed by atoms with Gasteiger partial charge < -0.3 is 14.6 Å². The Hall–Kier alpha value is -4.11. The monoisotopic (exact) mass is 488 g/mol. The molecule has 2 heterocycles. The largest absolute Gasteiger partial charge is 0.436 e. The Labute approximate surface area is 206 Å². The van der Waals surface area contributed by atoms with Crippen LogP contribution in [0.4, 0.5) is 10.1 Å². The van der Waals surface area contributed by atoms with Gasteiger partial charge in [-0.2, -0.15) is 0 Å². The van der Waals surface area contributed by atoms with E-state index in [2.05, 4.69) is 10.3 Å². The predicted molar refractivity (Wildman–Crippen MR) is 134 cm³/mol. The van der Waals surface area contributed by atoms with Crippen molar-refractivity contribution in [2.75, 3.05) is 12.4 Å². The van der Waals surface area contributed by atoms with Crippen molar-refractivity contribution in [3.8, 4) is 11.5 Å². The zero-order valence-electron chi connectivity index (χ0n) is 18.8. The van der Waals surface area contributed by atoms with Gasteiger partial charge in [0.25, 0.3) is 5.91 Å². The highest BCUT2D eigenvalue weighted by Gasteiger charge is 2.41. The van der Waals surface area contributed by atoms with Crippen molar-refractivity contribution in [2.45, 2.75) is 19.0 Å². The number of hydrogen-bond donors (Lipinski definition) is 1. The van der Waals surface area contributed by atoms with E-state index in [0.717, 1.165) is 16.6 Å². The molecule has 0 aliphatic carbocycles. The van der Waals surface area contributed by atoms with Gasteiger partial charge in [0.05, 0.1) is 6.42 Å². The van der Waals surface area contributed by atoms with Gasteiger partial charge in [0.2, 0.25) is 11.8 Å². The SMILES string of the molecule is CN1C(=O)C(CC(=O)Nc2ccc(-c3nc4ccccc4o3)cc2)N(Cc2ccc(F)cc2)C1=S. The maximum atomic E-state index is 13.3. The number of anilines is 1. The third-order valence-corrected chi connectivity index (χ3v) is 6.39. The average molecular weight is 489 g/mol. The second kappa shape index (κ2) is 9.27. The molecule has 1 aliphatic heterocycles. The molecular formula is C26H21FN4O3S. The quantitative estimate of drug-likeness (QED) is 0.400. The van der Waals surface area contributed by atoms with E-state index in [4.69, 9.17) is 16.6 Å². The van der Waals surface area contributed by atoms with Gasteiger partial charge in [-0.3, -0.25) is 14.5 Å². The molecule has 3 aromatic carbocycles. The lowest BCUT2D eigenvalue weighted by atomic mass is 10.1. The molecular weight excluding hydrogens is 467 g/mol. The van der Waals surface area contributed by atoms with Crippen molar-refractivity contribution in [2.24, 2.45) is 0 Å². The number of carbonyl (C=O) groups is 2. The number of fused-ring (bicyclic) bond motifs is 1. The molecule has 7 nitrogen and oxygen atoms in total. The molecule has 176 valence electrons. The lowest BCUT2D eigenvalue weighted by Gasteiger charge is -2.23. The van der Waals surface area contributed by atoms with Gasteiger partial charge >= 0.3 is 0 Å². The van der Waals surface area contributed by atoms with Gasteiger partial charge in [-0.15, -0.1) is 0 Å². The smallest absolute Gasteiger partial charge is 0.251 e. The standard InChI is InChI=1S/C26H21FN4O3S/c1-30-25(33)21(31(26(30)35)15-16-6-10-18(27)11-7-16)14-23(32)28-19-12-8-17(9-13-19)24-29-20-4-2-3-5-22(20)34-24/h2-13,21H,14-15H2,1H3,(H,28,32). The normalized spacial score (nSPS) is 15.8. The molecule has 0 radical (unpaired) electrons. The summed E-state index contributed by atoms with van der Waals surface area (Å²) in [6, 6.07) is 19.9. The van der Waals surface area contributed by atoms with Crippen molar-refractivity contribution >= 4 is 45.9 Å². The summed E-state index contributed by atoms with van der Waals surface area (Å²) in [4.78, 5) is 33.1. The number of carbonyl (C=O) groups excluding carboxylic acids is 2. The van der Waals surface area contributed by atoms with Gasteiger partial charge in [0.15, 0.2) is 10.7 Å². The van der Waals surface area contributed by atoms with Crippen molar-refractivity contribution in [3.63, 3.8) is 0 Å². The average Bonchev–Trinajstić information content (AvgIpc) is 3.37. The summed E-state index contributed by atoms with van der Waals surface area (Å²) in [5.74, 6) is -0.420. The number of halogens is 1. The number of nitrogens with one attached hydrogen (secondary N) is 1. The van der Waals surface area contributed by atoms with Gasteiger partial charge in [0.1, 0.15) is 17.4 Å². The number of nitrogens with zero attached hydrogens (tertiary/aromatic N) is 3. The fourth-order valence-corrected chi connectivity index (χ4v) is 4.30. The van der Waals surface area contributed by atoms with Crippen molar-refractivity contribution in [1.29, 1.82) is 0 Å². The molecule has 9 heteroatoms. The first-order valence-corrected chi connectivity index (χ1v) is 11.4. The predicted octanol–water partition coefficient (Wildman–Crippen LogP) is 4.59. The van der Waals surface area contributed by atoms with E-state index in [0.29, 0.717) is 28.8 Å². The minimum atomic E-state index is -0.739. The second-order valence-electron chi connectivity index (χ2n) is 8.27. The van der Waals surface area contributed by atoms with E-state index in [9.17, 15) is 14.0 Å². The minimum Gasteiger partial charge on any atom is -0.436 e. The summed E-state index contributed by atoms with van der Waals surface area (Å²) in [6.07, 6.45) is -0.0720. The molecule has 5 rings (SSSR count). The van der Waals surface area contributed by atoms with Crippen molar-refractivity contribution in [1.82, 2.24) is 14.8 Å². The highest BCUT2D eigenvalue weighted by atomic mass is 32.1. The Morgan fingerprint density at radius 1 is 1.09 bits per heavy atom. The zero-order chi connectivity index (χ0) is 24.5. The molecule has 0 spiro atoms. The van der Waals surface area contributed by atoms with Gasteiger partial charge in [-0.25, -0.2) is 9.37 Å². The van der Waals surface area contributed by atoms with E-state index in [1.54, 1.807) is 36.2 Å². The molecule has 35 heavy (non-hydrogen) atoms. The van der Waals surface area contributed by atoms with E-state index in [1.165, 1.54) is 17.0 Å². The number of oxazole rings is 1. The number of para-hydroxylation sites is 2. The fraction of sp³-hybridized carbons (Fsp3) is 0.154. The molecule has 1 fully saturated rings. The van der Waals surface area contributed by atoms with Crippen LogP contribution in [-0.2, 0) is 16.1 Å². The third-order valence-electron chi connectivity index (χ3n) is 5.88. The Balaban J connectivity index is 1.27. The highest BCUT2D eigenvalue weighted by molar-refractivity contribution is 7.80. The molecule has 4 aromatic rings. The summed E-state index contributed by atoms with van der Waals surface area (Å²) in [6.45, 7) is 0.298. The molecule has 1 N–H and O–H groups in total. The molecule has 0 bridgehead atoms. The van der Waals surface area contributed by atoms with Crippen LogP contribution in [0.1, 0.15) is 12.0 Å². The zero-order valence-corrected chi connectivity index (χ0v) is 19.6. The van der Waals surface area contributed by atoms with Crippen LogP contribution >= 0.6 is 12.2 Å². The summed E-state index contributed by atoms with van der Waals surface area (Å²) in [5.41, 5.74) is 3.63. The van der Waals surface area contributed by atoms with Crippen LogP contribution in [0.15, 0.2) is 77.2 Å². The second-order valence-corrected chi connectivity index (χ2v) is 8.63. The molecule has 1 unspecified atom stereocenters. The van der Waals surface area contributed by atoms with E-state index >= 15 is 0 Å². The number of likely N-dealkylation sites (N-methyl/N-ethyl adjacent to an activating group) is 1. The van der Waals surface area contributed by atoms with Crippen molar-refractivity contribution < 1.29 is 18.4 Å². The molecule has 1 aromatic heterocycles. The first-order valence-electron chi connectivity index (χ1n) is 11.0. The Bertz CT molecular complexity index is 1390. The van der Waals surface area contributed by atoms with Crippen LogP contribution in [0.2, 0.25) is 0 Å². The molecule has 2 amide bonds. The molecule has 1 atom stereocenters. The lowest BCUT2D eigenvalue weighted by Crippen LogP contribution is -2.37. The van der Waals surface area contributed by atoms with E-state index in [1.807, 2.05) is 36.4 Å². The molecule has 1 saturated heterocycles. The van der Waals surface area contributed by atoms with Crippen LogP contribution in [0.5, 0.6) is 0 Å². The number of amides is 2. The van der Waals surface area contributed by atoms with E-state index in [-0.39, 0.29) is 24.1 Å². The topological polar surface area (TPSA) is 78.7 Å². The Morgan fingerprint density at radius 2 is 1.80 bits per heavy atom. The lowest BCUT2D eigenvalue weighted by molar-refractivity contribution is -0.130. The highest BCUT2D eigenvalue weighted by Crippen LogP contribution is 2.26. The van der Waals surface area contributed by atoms with Crippen LogP contribution in [0.3, 0.4) is 0 Å². The third kappa shape index (κ3) is 4.63. The maximum absolute atomic E-state index is 13.3. The minimum absolute atomic E-state index is 0.0720. The van der Waals surface area contributed by atoms with Gasteiger partial charge in [0, 0.05) is 24.8 Å². The first kappa shape index (κ1) is 22.7. The summed E-state index contributed by atoms with van der Waals surface area (Å²) in [7, 11) is 1.59. The van der Waals surface area contributed by atoms with Crippen LogP contribution in [0.25, 0.3) is 22.6 Å². The molecule has 1 aliphatic rings. The number of benzene rings is 3. The van der Waals surface area contributed by atoms with Gasteiger partial charge in [-0.05, 0) is 66.3 Å².